The minimum absolute atomic E-state index is 0.411. The number of carbonyl (C=O) groups excluding carboxylic acids is 2. The predicted molar refractivity (Wildman–Crippen MR) is 51.5 cm³/mol. The van der Waals surface area contributed by atoms with E-state index >= 15 is 0 Å². The molecule has 14 heavy (non-hydrogen) atoms. The Morgan fingerprint density at radius 3 is 2.86 bits per heavy atom. The van der Waals surface area contributed by atoms with Gasteiger partial charge in [0.1, 0.15) is 5.69 Å². The zero-order chi connectivity index (χ0) is 10.6. The largest absolute Gasteiger partial charge is 0.464 e. The number of ether oxygens (including phenoxy) is 1. The van der Waals surface area contributed by atoms with Crippen LogP contribution in [0.1, 0.15) is 34.2 Å². The number of aromatic nitrogens is 1. The first-order valence-electron chi connectivity index (χ1n) is 4.46. The molecule has 0 aliphatic heterocycles. The second kappa shape index (κ2) is 4.60. The van der Waals surface area contributed by atoms with Crippen LogP contribution >= 0.6 is 0 Å². The summed E-state index contributed by atoms with van der Waals surface area (Å²) in [5.41, 5.74) is 0.926. The predicted octanol–water partition coefficient (Wildman–Crippen LogP) is 1.50. The number of carbonyl (C=O) groups is 2. The third kappa shape index (κ3) is 2.02. The minimum Gasteiger partial charge on any atom is -0.464 e. The summed E-state index contributed by atoms with van der Waals surface area (Å²) in [6.07, 6.45) is 3.28. The summed E-state index contributed by atoms with van der Waals surface area (Å²) in [6.45, 7) is 2.71. The Kier molecular flexibility index (Phi) is 3.45. The molecule has 4 heteroatoms. The van der Waals surface area contributed by atoms with E-state index in [4.69, 9.17) is 0 Å². The average molecular weight is 195 g/mol. The number of hydrogen-bond acceptors (Lipinski definition) is 3. The number of nitrogens with zero attached hydrogens (tertiary/aromatic N) is 1. The summed E-state index contributed by atoms with van der Waals surface area (Å²) in [5.74, 6) is -0.411. The molecule has 1 heterocycles. The van der Waals surface area contributed by atoms with Gasteiger partial charge in [-0.05, 0) is 12.5 Å². The van der Waals surface area contributed by atoms with Crippen LogP contribution in [0.25, 0.3) is 0 Å². The highest BCUT2D eigenvalue weighted by Crippen LogP contribution is 2.09. The van der Waals surface area contributed by atoms with Gasteiger partial charge in [0.15, 0.2) is 6.29 Å². The van der Waals surface area contributed by atoms with Crippen molar-refractivity contribution in [2.75, 3.05) is 7.11 Å². The monoisotopic (exact) mass is 195 g/mol. The van der Waals surface area contributed by atoms with Gasteiger partial charge in [-0.2, -0.15) is 0 Å². The smallest absolute Gasteiger partial charge is 0.354 e. The molecule has 0 atom stereocenters. The SMILES string of the molecule is CCCn1cc(C=O)cc1C(=O)OC. The Balaban J connectivity index is 3.04. The molecule has 1 aromatic rings. The van der Waals surface area contributed by atoms with E-state index in [-0.39, 0.29) is 0 Å². The van der Waals surface area contributed by atoms with Gasteiger partial charge in [0.25, 0.3) is 0 Å². The average Bonchev–Trinajstić information content (AvgIpc) is 2.61. The quantitative estimate of drug-likeness (QED) is 0.540. The van der Waals surface area contributed by atoms with Crippen LogP contribution in [0.5, 0.6) is 0 Å². The van der Waals surface area contributed by atoms with E-state index in [9.17, 15) is 9.59 Å². The lowest BCUT2D eigenvalue weighted by atomic mass is 10.3. The van der Waals surface area contributed by atoms with Gasteiger partial charge >= 0.3 is 5.97 Å². The normalized spacial score (nSPS) is 9.86. The molecular weight excluding hydrogens is 182 g/mol. The lowest BCUT2D eigenvalue weighted by Gasteiger charge is -2.04. The Labute approximate surface area is 82.5 Å². The van der Waals surface area contributed by atoms with Crippen LogP contribution in [0, 0.1) is 0 Å². The molecule has 0 spiro atoms. The van der Waals surface area contributed by atoms with Crippen LogP contribution < -0.4 is 0 Å². The third-order valence-corrected chi connectivity index (χ3v) is 1.91. The fourth-order valence-electron chi connectivity index (χ4n) is 1.30. The highest BCUT2D eigenvalue weighted by molar-refractivity contribution is 5.90. The summed E-state index contributed by atoms with van der Waals surface area (Å²) in [5, 5.41) is 0. The molecule has 0 amide bonds. The van der Waals surface area contributed by atoms with E-state index in [1.54, 1.807) is 10.8 Å². The van der Waals surface area contributed by atoms with E-state index in [2.05, 4.69) is 4.74 Å². The van der Waals surface area contributed by atoms with Crippen LogP contribution in [0.2, 0.25) is 0 Å². The first-order chi connectivity index (χ1) is 6.72. The Hall–Kier alpha value is -1.58. The fraction of sp³-hybridized carbons (Fsp3) is 0.400. The van der Waals surface area contributed by atoms with Crippen molar-refractivity contribution >= 4 is 12.3 Å². The molecular formula is C10H13NO3. The van der Waals surface area contributed by atoms with Gasteiger partial charge in [-0.15, -0.1) is 0 Å². The summed E-state index contributed by atoms with van der Waals surface area (Å²) in [7, 11) is 1.33. The molecule has 1 rings (SSSR count). The number of rotatable bonds is 4. The van der Waals surface area contributed by atoms with E-state index in [1.165, 1.54) is 13.2 Å². The molecule has 0 saturated heterocycles. The van der Waals surface area contributed by atoms with Crippen molar-refractivity contribution in [3.05, 3.63) is 23.5 Å². The fourth-order valence-corrected chi connectivity index (χ4v) is 1.30. The molecule has 0 aromatic carbocycles. The molecule has 0 aliphatic rings. The lowest BCUT2D eigenvalue weighted by molar-refractivity contribution is 0.0588. The van der Waals surface area contributed by atoms with Crippen molar-refractivity contribution in [2.45, 2.75) is 19.9 Å². The number of hydrogen-bond donors (Lipinski definition) is 0. The second-order valence-electron chi connectivity index (χ2n) is 2.96. The first-order valence-corrected chi connectivity index (χ1v) is 4.46. The van der Waals surface area contributed by atoms with Crippen molar-refractivity contribution in [3.8, 4) is 0 Å². The van der Waals surface area contributed by atoms with Crippen LogP contribution in [0.4, 0.5) is 0 Å². The summed E-state index contributed by atoms with van der Waals surface area (Å²) < 4.78 is 6.34. The number of esters is 1. The number of aldehydes is 1. The standard InChI is InChI=1S/C10H13NO3/c1-3-4-11-6-8(7-12)5-9(11)10(13)14-2/h5-7H,3-4H2,1-2H3. The van der Waals surface area contributed by atoms with Crippen molar-refractivity contribution < 1.29 is 14.3 Å². The highest BCUT2D eigenvalue weighted by atomic mass is 16.5. The third-order valence-electron chi connectivity index (χ3n) is 1.91. The maximum absolute atomic E-state index is 11.3. The van der Waals surface area contributed by atoms with Crippen LogP contribution in [0.15, 0.2) is 12.3 Å². The molecule has 0 fully saturated rings. The number of methoxy groups -OCH3 is 1. The van der Waals surface area contributed by atoms with Crippen molar-refractivity contribution in [2.24, 2.45) is 0 Å². The summed E-state index contributed by atoms with van der Waals surface area (Å²) in [6, 6.07) is 1.54. The Morgan fingerprint density at radius 2 is 2.36 bits per heavy atom. The minimum atomic E-state index is -0.411. The van der Waals surface area contributed by atoms with Gasteiger partial charge in [-0.1, -0.05) is 6.92 Å². The van der Waals surface area contributed by atoms with Gasteiger partial charge < -0.3 is 9.30 Å². The maximum Gasteiger partial charge on any atom is 0.354 e. The van der Waals surface area contributed by atoms with E-state index in [0.29, 0.717) is 17.8 Å². The lowest BCUT2D eigenvalue weighted by Crippen LogP contribution is -2.09. The van der Waals surface area contributed by atoms with Crippen LogP contribution in [-0.4, -0.2) is 23.9 Å². The zero-order valence-electron chi connectivity index (χ0n) is 8.32. The van der Waals surface area contributed by atoms with E-state index < -0.39 is 5.97 Å². The van der Waals surface area contributed by atoms with Gasteiger partial charge in [0.2, 0.25) is 0 Å². The Bertz CT molecular complexity index is 341. The zero-order valence-corrected chi connectivity index (χ0v) is 8.32. The van der Waals surface area contributed by atoms with E-state index in [0.717, 1.165) is 12.7 Å². The van der Waals surface area contributed by atoms with Crippen LogP contribution in [-0.2, 0) is 11.3 Å². The maximum atomic E-state index is 11.3. The molecule has 0 aliphatic carbocycles. The van der Waals surface area contributed by atoms with Crippen LogP contribution in [0.3, 0.4) is 0 Å². The summed E-state index contributed by atoms with van der Waals surface area (Å²) in [4.78, 5) is 21.8. The second-order valence-corrected chi connectivity index (χ2v) is 2.96. The molecule has 1 aromatic heterocycles. The van der Waals surface area contributed by atoms with Gasteiger partial charge in [-0.3, -0.25) is 4.79 Å². The van der Waals surface area contributed by atoms with Crippen molar-refractivity contribution in [1.29, 1.82) is 0 Å². The summed E-state index contributed by atoms with van der Waals surface area (Å²) >= 11 is 0. The van der Waals surface area contributed by atoms with Crippen molar-refractivity contribution in [3.63, 3.8) is 0 Å². The topological polar surface area (TPSA) is 48.3 Å². The number of aryl methyl sites for hydroxylation is 1. The van der Waals surface area contributed by atoms with E-state index in [1.807, 2.05) is 6.92 Å². The molecule has 0 saturated carbocycles. The molecule has 4 nitrogen and oxygen atoms in total. The first kappa shape index (κ1) is 10.5. The van der Waals surface area contributed by atoms with Gasteiger partial charge in [0, 0.05) is 18.3 Å². The molecule has 0 radical (unpaired) electrons. The van der Waals surface area contributed by atoms with Crippen molar-refractivity contribution in [1.82, 2.24) is 4.57 Å². The molecule has 0 unspecified atom stereocenters. The molecule has 76 valence electrons. The molecule has 0 N–H and O–H groups in total. The Morgan fingerprint density at radius 1 is 1.64 bits per heavy atom. The highest BCUT2D eigenvalue weighted by Gasteiger charge is 2.12. The molecule has 0 bridgehead atoms. The van der Waals surface area contributed by atoms with Gasteiger partial charge in [-0.25, -0.2) is 4.79 Å². The van der Waals surface area contributed by atoms with Gasteiger partial charge in [0.05, 0.1) is 7.11 Å².